The number of para-hydroxylation sites is 4. The summed E-state index contributed by atoms with van der Waals surface area (Å²) in [5.41, 5.74) is 9.61. The first kappa shape index (κ1) is 41.4. The molecule has 6 nitrogen and oxygen atoms in total. The number of hydrogen-bond acceptors (Lipinski definition) is 3. The van der Waals surface area contributed by atoms with Crippen LogP contribution in [0.15, 0.2) is 255 Å². The lowest BCUT2D eigenvalue weighted by atomic mass is 10.1. The van der Waals surface area contributed by atoms with E-state index in [0.29, 0.717) is 11.5 Å². The van der Waals surface area contributed by atoms with Gasteiger partial charge in [-0.1, -0.05) is 194 Å². The highest BCUT2D eigenvalue weighted by atomic mass is 28.3. The zero-order chi connectivity index (χ0) is 47.8. The molecule has 0 unspecified atom stereocenters. The van der Waals surface area contributed by atoms with Crippen LogP contribution in [0.5, 0.6) is 0 Å². The molecule has 0 saturated heterocycles. The van der Waals surface area contributed by atoms with Crippen molar-refractivity contribution in [3.63, 3.8) is 0 Å². The Bertz CT molecular complexity index is 4300. The van der Waals surface area contributed by atoms with Crippen molar-refractivity contribution in [2.75, 3.05) is 0 Å². The Morgan fingerprint density at radius 3 is 1.49 bits per heavy atom. The van der Waals surface area contributed by atoms with Crippen LogP contribution < -0.4 is 20.7 Å². The molecule has 0 bridgehead atoms. The predicted octanol–water partition coefficient (Wildman–Crippen LogP) is 12.7. The van der Waals surface area contributed by atoms with Crippen LogP contribution in [0.3, 0.4) is 0 Å². The third-order valence-corrected chi connectivity index (χ3v) is 19.4. The fraction of sp³-hybridized carbons (Fsp3) is 0. The van der Waals surface area contributed by atoms with Gasteiger partial charge in [-0.25, -0.2) is 4.98 Å². The van der Waals surface area contributed by atoms with Crippen molar-refractivity contribution in [1.82, 2.24) is 23.7 Å². The molecule has 0 radical (unpaired) electrons. The van der Waals surface area contributed by atoms with Crippen LogP contribution in [0.1, 0.15) is 5.56 Å². The van der Waals surface area contributed by atoms with E-state index in [-0.39, 0.29) is 0 Å². The van der Waals surface area contributed by atoms with Gasteiger partial charge in [0.05, 0.1) is 50.4 Å². The second-order valence-electron chi connectivity index (χ2n) is 18.4. The van der Waals surface area contributed by atoms with Gasteiger partial charge in [-0.05, 0) is 75.3 Å². The summed E-state index contributed by atoms with van der Waals surface area (Å²) in [5.74, 6) is 1.28. The largest absolute Gasteiger partial charge is 0.309 e. The van der Waals surface area contributed by atoms with Crippen LogP contribution >= 0.6 is 0 Å². The van der Waals surface area contributed by atoms with E-state index in [1.54, 1.807) is 0 Å². The van der Waals surface area contributed by atoms with Gasteiger partial charge in [-0.15, -0.1) is 0 Å². The number of fused-ring (bicyclic) bond motifs is 10. The summed E-state index contributed by atoms with van der Waals surface area (Å²) in [4.78, 5) is 11.4. The predicted molar refractivity (Wildman–Crippen MR) is 299 cm³/mol. The highest BCUT2D eigenvalue weighted by Crippen LogP contribution is 2.42. The maximum atomic E-state index is 10.3. The lowest BCUT2D eigenvalue weighted by Gasteiger charge is -2.34. The van der Waals surface area contributed by atoms with E-state index in [0.717, 1.165) is 88.2 Å². The van der Waals surface area contributed by atoms with Crippen molar-refractivity contribution >= 4 is 94.2 Å². The SMILES string of the molecule is N#Cc1ccc2c(c1)c1ccc3c(c4ccccc4n3-c3ccccc3)c1n2-c1nc(-c2cccc([Si](c3ccccc3)(c3ccccc3)c3ccccc3)c2)cc(-n2c3ccccc3c3ccccc32)n1. The topological polar surface area (TPSA) is 64.4 Å². The third kappa shape index (κ3) is 6.20. The van der Waals surface area contributed by atoms with Gasteiger partial charge >= 0.3 is 0 Å². The van der Waals surface area contributed by atoms with Gasteiger partial charge < -0.3 is 4.57 Å². The molecule has 0 saturated carbocycles. The minimum atomic E-state index is -2.92. The van der Waals surface area contributed by atoms with E-state index in [2.05, 4.69) is 262 Å². The highest BCUT2D eigenvalue weighted by Gasteiger charge is 2.41. The molecule has 0 aliphatic rings. The molecule has 0 fully saturated rings. The molecular formula is C65H42N6Si. The number of rotatable bonds is 8. The molecule has 0 aliphatic heterocycles. The van der Waals surface area contributed by atoms with Gasteiger partial charge in [-0.3, -0.25) is 9.13 Å². The van der Waals surface area contributed by atoms with E-state index in [1.807, 2.05) is 12.1 Å². The van der Waals surface area contributed by atoms with Crippen molar-refractivity contribution < 1.29 is 0 Å². The molecular weight excluding hydrogens is 893 g/mol. The first-order valence-corrected chi connectivity index (χ1v) is 26.3. The second kappa shape index (κ2) is 16.5. The molecule has 4 heterocycles. The van der Waals surface area contributed by atoms with Crippen LogP contribution in [0.2, 0.25) is 0 Å². The van der Waals surface area contributed by atoms with Crippen molar-refractivity contribution in [2.24, 2.45) is 0 Å². The third-order valence-electron chi connectivity index (χ3n) is 14.6. The zero-order valence-corrected chi connectivity index (χ0v) is 39.9. The molecule has 0 atom stereocenters. The summed E-state index contributed by atoms with van der Waals surface area (Å²) in [5, 5.41) is 22.0. The summed E-state index contributed by atoms with van der Waals surface area (Å²) in [6.07, 6.45) is 0. The molecule has 14 aromatic rings. The van der Waals surface area contributed by atoms with E-state index in [4.69, 9.17) is 9.97 Å². The minimum absolute atomic E-state index is 0.529. The normalized spacial score (nSPS) is 11.9. The lowest BCUT2D eigenvalue weighted by molar-refractivity contribution is 0.953. The molecule has 10 aromatic carbocycles. The fourth-order valence-corrected chi connectivity index (χ4v) is 16.4. The summed E-state index contributed by atoms with van der Waals surface area (Å²) in [6.45, 7) is 0. The van der Waals surface area contributed by atoms with Crippen molar-refractivity contribution in [1.29, 1.82) is 5.26 Å². The van der Waals surface area contributed by atoms with E-state index in [1.165, 1.54) is 20.7 Å². The summed E-state index contributed by atoms with van der Waals surface area (Å²) in [6, 6.07) is 93.6. The molecule has 4 aromatic heterocycles. The zero-order valence-electron chi connectivity index (χ0n) is 38.9. The van der Waals surface area contributed by atoms with Gasteiger partial charge in [0, 0.05) is 49.6 Å². The minimum Gasteiger partial charge on any atom is -0.309 e. The smallest absolute Gasteiger partial charge is 0.237 e. The number of nitrogens with zero attached hydrogens (tertiary/aromatic N) is 6. The van der Waals surface area contributed by atoms with Crippen LogP contribution in [0, 0.1) is 11.3 Å². The molecule has 0 N–H and O–H groups in total. The van der Waals surface area contributed by atoms with Crippen molar-refractivity contribution in [2.45, 2.75) is 0 Å². The average Bonchev–Trinajstić information content (AvgIpc) is 4.10. The Morgan fingerprint density at radius 2 is 0.875 bits per heavy atom. The fourth-order valence-electron chi connectivity index (χ4n) is 11.6. The summed E-state index contributed by atoms with van der Waals surface area (Å²) < 4.78 is 6.89. The van der Waals surface area contributed by atoms with Gasteiger partial charge in [0.25, 0.3) is 0 Å². The molecule has 72 heavy (non-hydrogen) atoms. The first-order chi connectivity index (χ1) is 35.7. The Balaban J connectivity index is 1.12. The first-order valence-electron chi connectivity index (χ1n) is 24.3. The number of hydrogen-bond donors (Lipinski definition) is 0. The molecule has 14 rings (SSSR count). The summed E-state index contributed by atoms with van der Waals surface area (Å²) in [7, 11) is -2.92. The van der Waals surface area contributed by atoms with Crippen LogP contribution in [-0.2, 0) is 0 Å². The Morgan fingerprint density at radius 1 is 0.361 bits per heavy atom. The quantitative estimate of drug-likeness (QED) is 0.113. The maximum absolute atomic E-state index is 10.3. The van der Waals surface area contributed by atoms with Crippen LogP contribution in [0.4, 0.5) is 0 Å². The lowest BCUT2D eigenvalue weighted by Crippen LogP contribution is -2.74. The van der Waals surface area contributed by atoms with Crippen LogP contribution in [0.25, 0.3) is 94.1 Å². The molecule has 336 valence electrons. The van der Waals surface area contributed by atoms with Gasteiger partial charge in [0.2, 0.25) is 5.95 Å². The number of nitriles is 1. The van der Waals surface area contributed by atoms with Gasteiger partial charge in [0.1, 0.15) is 5.82 Å². The van der Waals surface area contributed by atoms with Crippen LogP contribution in [-0.4, -0.2) is 31.7 Å². The average molecular weight is 935 g/mol. The second-order valence-corrected chi connectivity index (χ2v) is 22.2. The van der Waals surface area contributed by atoms with Gasteiger partial charge in [-0.2, -0.15) is 10.2 Å². The summed E-state index contributed by atoms with van der Waals surface area (Å²) >= 11 is 0. The van der Waals surface area contributed by atoms with Crippen molar-refractivity contribution in [3.05, 3.63) is 260 Å². The van der Waals surface area contributed by atoms with E-state index >= 15 is 0 Å². The Hall–Kier alpha value is -9.61. The Kier molecular flexibility index (Phi) is 9.49. The Labute approximate surface area is 416 Å². The van der Waals surface area contributed by atoms with Crippen molar-refractivity contribution in [3.8, 4) is 34.8 Å². The standard InChI is InChI=1S/C65H42N6Si/c66-43-44-36-38-60-55(40-44)53-37-39-61-63(54-32-15-18-35-59(54)69(61)46-21-5-1-6-22-46)64(53)71(60)65-67-56(42-62(68-65)70-57-33-16-13-30-51(57)52-31-14-17-34-58(52)70)45-20-19-29-50(41-45)72(47-23-7-2-8-24-47,48-25-9-3-10-26-48)49-27-11-4-12-28-49/h1-42H. The van der Waals surface area contributed by atoms with E-state index in [9.17, 15) is 5.26 Å². The molecule has 0 aliphatic carbocycles. The van der Waals surface area contributed by atoms with E-state index < -0.39 is 8.07 Å². The molecule has 0 amide bonds. The van der Waals surface area contributed by atoms with Gasteiger partial charge in [0.15, 0.2) is 8.07 Å². The number of aromatic nitrogens is 5. The monoisotopic (exact) mass is 934 g/mol. The molecule has 7 heteroatoms. The maximum Gasteiger partial charge on any atom is 0.237 e. The number of benzene rings is 10. The molecule has 0 spiro atoms. The highest BCUT2D eigenvalue weighted by molar-refractivity contribution is 7.19.